The molecule has 2 aliphatic heterocycles. The SMILES string of the molecule is CCSc1nnc(NC(=O)[C@H]2CS[C@]3(c4ccccc4)CCC(=O)N23)s1. The Labute approximate surface area is 164 Å². The second-order valence-corrected chi connectivity index (χ2v) is 9.82. The fraction of sp³-hybridized carbons (Fsp3) is 0.412. The van der Waals surface area contributed by atoms with Crippen LogP contribution in [0.4, 0.5) is 5.13 Å². The van der Waals surface area contributed by atoms with Gasteiger partial charge < -0.3 is 4.90 Å². The van der Waals surface area contributed by atoms with Crippen molar-refractivity contribution in [1.82, 2.24) is 15.1 Å². The summed E-state index contributed by atoms with van der Waals surface area (Å²) in [7, 11) is 0. The quantitative estimate of drug-likeness (QED) is 0.607. The van der Waals surface area contributed by atoms with E-state index in [4.69, 9.17) is 0 Å². The molecule has 2 saturated heterocycles. The first-order valence-electron chi connectivity index (χ1n) is 8.43. The number of nitrogens with zero attached hydrogens (tertiary/aromatic N) is 3. The number of fused-ring (bicyclic) bond motifs is 1. The van der Waals surface area contributed by atoms with E-state index in [1.165, 1.54) is 11.3 Å². The van der Waals surface area contributed by atoms with Crippen molar-refractivity contribution in [3.05, 3.63) is 35.9 Å². The van der Waals surface area contributed by atoms with Gasteiger partial charge in [-0.3, -0.25) is 14.9 Å². The second-order valence-electron chi connectivity index (χ2n) is 6.04. The average Bonchev–Trinajstić information content (AvgIpc) is 3.33. The van der Waals surface area contributed by atoms with Gasteiger partial charge in [0.2, 0.25) is 16.9 Å². The number of hydrogen-bond acceptors (Lipinski definition) is 7. The lowest BCUT2D eigenvalue weighted by molar-refractivity contribution is -0.136. The smallest absolute Gasteiger partial charge is 0.249 e. The van der Waals surface area contributed by atoms with Gasteiger partial charge in [-0.1, -0.05) is 60.4 Å². The number of benzene rings is 1. The lowest BCUT2D eigenvalue weighted by Crippen LogP contribution is -2.48. The zero-order valence-corrected chi connectivity index (χ0v) is 16.6. The Hall–Kier alpha value is -1.58. The van der Waals surface area contributed by atoms with Crippen LogP contribution in [-0.2, 0) is 14.5 Å². The van der Waals surface area contributed by atoms with Crippen LogP contribution in [-0.4, -0.2) is 44.5 Å². The highest BCUT2D eigenvalue weighted by Gasteiger charge is 2.56. The molecule has 2 atom stereocenters. The van der Waals surface area contributed by atoms with E-state index in [0.29, 0.717) is 17.3 Å². The Bertz CT molecular complexity index is 828. The van der Waals surface area contributed by atoms with Gasteiger partial charge in [0.15, 0.2) is 4.34 Å². The molecule has 26 heavy (non-hydrogen) atoms. The first kappa shape index (κ1) is 17.8. The van der Waals surface area contributed by atoms with E-state index in [-0.39, 0.29) is 11.8 Å². The zero-order valence-electron chi connectivity index (χ0n) is 14.2. The van der Waals surface area contributed by atoms with E-state index in [9.17, 15) is 9.59 Å². The van der Waals surface area contributed by atoms with Crippen LogP contribution in [0.2, 0.25) is 0 Å². The van der Waals surface area contributed by atoms with Crippen LogP contribution >= 0.6 is 34.9 Å². The Balaban J connectivity index is 1.55. The fourth-order valence-corrected chi connectivity index (χ4v) is 6.77. The van der Waals surface area contributed by atoms with Crippen LogP contribution in [0.1, 0.15) is 25.3 Å². The zero-order chi connectivity index (χ0) is 18.1. The molecule has 3 heterocycles. The predicted octanol–water partition coefficient (Wildman–Crippen LogP) is 3.18. The van der Waals surface area contributed by atoms with Crippen molar-refractivity contribution < 1.29 is 9.59 Å². The molecule has 1 N–H and O–H groups in total. The molecule has 1 aromatic heterocycles. The molecule has 2 amide bonds. The molecule has 0 saturated carbocycles. The van der Waals surface area contributed by atoms with Crippen molar-refractivity contribution in [2.45, 2.75) is 35.0 Å². The predicted molar refractivity (Wildman–Crippen MR) is 105 cm³/mol. The van der Waals surface area contributed by atoms with Gasteiger partial charge in [0.05, 0.1) is 0 Å². The Morgan fingerprint density at radius 1 is 1.38 bits per heavy atom. The first-order chi connectivity index (χ1) is 12.6. The molecule has 2 fully saturated rings. The van der Waals surface area contributed by atoms with Crippen molar-refractivity contribution in [2.24, 2.45) is 0 Å². The van der Waals surface area contributed by atoms with E-state index in [1.54, 1.807) is 28.4 Å². The van der Waals surface area contributed by atoms with E-state index in [0.717, 1.165) is 22.1 Å². The van der Waals surface area contributed by atoms with E-state index in [2.05, 4.69) is 15.5 Å². The van der Waals surface area contributed by atoms with Gasteiger partial charge in [0.25, 0.3) is 0 Å². The van der Waals surface area contributed by atoms with Crippen LogP contribution in [0, 0.1) is 0 Å². The summed E-state index contributed by atoms with van der Waals surface area (Å²) in [6, 6.07) is 9.52. The van der Waals surface area contributed by atoms with Crippen molar-refractivity contribution in [3.8, 4) is 0 Å². The minimum atomic E-state index is -0.485. The van der Waals surface area contributed by atoms with Crippen LogP contribution in [0.25, 0.3) is 0 Å². The standard InChI is InChI=1S/C17H18N4O2S3/c1-2-24-16-20-19-15(26-16)18-14(23)12-10-25-17(9-8-13(22)21(12)17)11-6-4-3-5-7-11/h3-7,12H,2,8-10H2,1H3,(H,18,19,23)/t12-,17+/m1/s1. The molecule has 0 radical (unpaired) electrons. The summed E-state index contributed by atoms with van der Waals surface area (Å²) < 4.78 is 0.833. The number of amides is 2. The van der Waals surface area contributed by atoms with Crippen molar-refractivity contribution >= 4 is 51.8 Å². The number of aromatic nitrogens is 2. The Morgan fingerprint density at radius 3 is 2.96 bits per heavy atom. The summed E-state index contributed by atoms with van der Waals surface area (Å²) >= 11 is 4.64. The number of thioether (sulfide) groups is 2. The first-order valence-corrected chi connectivity index (χ1v) is 11.2. The maximum absolute atomic E-state index is 12.9. The normalized spacial score (nSPS) is 24.7. The third-order valence-corrected chi connectivity index (χ3v) is 8.01. The molecular weight excluding hydrogens is 388 g/mol. The number of anilines is 1. The molecule has 0 bridgehead atoms. The maximum Gasteiger partial charge on any atom is 0.249 e. The average molecular weight is 407 g/mol. The number of carbonyl (C=O) groups excluding carboxylic acids is 2. The topological polar surface area (TPSA) is 75.2 Å². The van der Waals surface area contributed by atoms with E-state index >= 15 is 0 Å². The molecule has 2 aliphatic rings. The highest BCUT2D eigenvalue weighted by atomic mass is 32.2. The lowest BCUT2D eigenvalue weighted by Gasteiger charge is -2.33. The van der Waals surface area contributed by atoms with Gasteiger partial charge in [0, 0.05) is 12.2 Å². The second kappa shape index (κ2) is 7.21. The number of carbonyl (C=O) groups is 2. The van der Waals surface area contributed by atoms with Gasteiger partial charge in [0.1, 0.15) is 10.9 Å². The summed E-state index contributed by atoms with van der Waals surface area (Å²) in [5.74, 6) is 1.35. The summed E-state index contributed by atoms with van der Waals surface area (Å²) in [5, 5.41) is 11.4. The van der Waals surface area contributed by atoms with Gasteiger partial charge in [-0.25, -0.2) is 0 Å². The van der Waals surface area contributed by atoms with Gasteiger partial charge in [-0.05, 0) is 17.7 Å². The third kappa shape index (κ3) is 3.01. The monoisotopic (exact) mass is 406 g/mol. The molecule has 0 unspecified atom stereocenters. The minimum absolute atomic E-state index is 0.0403. The van der Waals surface area contributed by atoms with Gasteiger partial charge in [-0.2, -0.15) is 0 Å². The third-order valence-electron chi connectivity index (χ3n) is 4.56. The van der Waals surface area contributed by atoms with Gasteiger partial charge in [-0.15, -0.1) is 22.0 Å². The van der Waals surface area contributed by atoms with Crippen LogP contribution in [0.5, 0.6) is 0 Å². The molecule has 1 aromatic carbocycles. The molecule has 4 rings (SSSR count). The van der Waals surface area contributed by atoms with Crippen molar-refractivity contribution in [3.63, 3.8) is 0 Å². The molecule has 2 aromatic rings. The van der Waals surface area contributed by atoms with E-state index < -0.39 is 10.9 Å². The fourth-order valence-electron chi connectivity index (χ4n) is 3.47. The summed E-state index contributed by atoms with van der Waals surface area (Å²) in [4.78, 5) is 26.8. The Morgan fingerprint density at radius 2 is 2.19 bits per heavy atom. The number of rotatable bonds is 5. The number of nitrogens with one attached hydrogen (secondary N) is 1. The minimum Gasteiger partial charge on any atom is -0.311 e. The van der Waals surface area contributed by atoms with Crippen LogP contribution in [0.3, 0.4) is 0 Å². The molecule has 136 valence electrons. The van der Waals surface area contributed by atoms with Crippen LogP contribution in [0.15, 0.2) is 34.7 Å². The highest BCUT2D eigenvalue weighted by molar-refractivity contribution is 8.01. The van der Waals surface area contributed by atoms with Crippen molar-refractivity contribution in [1.29, 1.82) is 0 Å². The van der Waals surface area contributed by atoms with Gasteiger partial charge >= 0.3 is 0 Å². The molecule has 6 nitrogen and oxygen atoms in total. The van der Waals surface area contributed by atoms with E-state index in [1.807, 2.05) is 37.3 Å². The maximum atomic E-state index is 12.9. The Kier molecular flexibility index (Phi) is 4.94. The molecule has 9 heteroatoms. The molecule has 0 aliphatic carbocycles. The molecule has 0 spiro atoms. The van der Waals surface area contributed by atoms with Crippen molar-refractivity contribution in [2.75, 3.05) is 16.8 Å². The summed E-state index contributed by atoms with van der Waals surface area (Å²) in [5.41, 5.74) is 1.09. The largest absolute Gasteiger partial charge is 0.311 e. The summed E-state index contributed by atoms with van der Waals surface area (Å²) in [6.45, 7) is 2.04. The number of hydrogen-bond donors (Lipinski definition) is 1. The lowest BCUT2D eigenvalue weighted by atomic mass is 10.0. The summed E-state index contributed by atoms with van der Waals surface area (Å²) in [6.07, 6.45) is 1.21. The highest BCUT2D eigenvalue weighted by Crippen LogP contribution is 2.54. The van der Waals surface area contributed by atoms with Crippen LogP contribution < -0.4 is 5.32 Å². The molecular formula is C17H18N4O2S3.